The molecule has 3 aromatic rings. The van der Waals surface area contributed by atoms with Gasteiger partial charge in [0.15, 0.2) is 0 Å². The zero-order valence-electron chi connectivity index (χ0n) is 12.7. The third kappa shape index (κ3) is 3.55. The van der Waals surface area contributed by atoms with E-state index in [1.54, 1.807) is 22.7 Å². The number of thiophene rings is 1. The molecule has 0 saturated heterocycles. The van der Waals surface area contributed by atoms with Crippen molar-refractivity contribution in [1.29, 1.82) is 0 Å². The first-order valence-electron chi connectivity index (χ1n) is 7.39. The van der Waals surface area contributed by atoms with Gasteiger partial charge in [-0.2, -0.15) is 0 Å². The Morgan fingerprint density at radius 2 is 2.09 bits per heavy atom. The SMILES string of the molecule is CC(Cc1nc2ccccc2s1)NCC(C)(O)c1cccs1. The molecule has 0 saturated carbocycles. The molecule has 1 aromatic carbocycles. The molecule has 3 rings (SSSR count). The smallest absolute Gasteiger partial charge is 0.108 e. The van der Waals surface area contributed by atoms with Crippen LogP contribution in [-0.2, 0) is 12.0 Å². The largest absolute Gasteiger partial charge is 0.383 e. The van der Waals surface area contributed by atoms with Crippen LogP contribution in [0.1, 0.15) is 23.7 Å². The molecule has 3 nitrogen and oxygen atoms in total. The summed E-state index contributed by atoms with van der Waals surface area (Å²) in [7, 11) is 0. The van der Waals surface area contributed by atoms with Gasteiger partial charge >= 0.3 is 0 Å². The molecule has 0 aliphatic carbocycles. The highest BCUT2D eigenvalue weighted by Crippen LogP contribution is 2.25. The summed E-state index contributed by atoms with van der Waals surface area (Å²) in [5.74, 6) is 0. The van der Waals surface area contributed by atoms with E-state index < -0.39 is 5.60 Å². The highest BCUT2D eigenvalue weighted by molar-refractivity contribution is 7.18. The summed E-state index contributed by atoms with van der Waals surface area (Å²) in [5, 5.41) is 17.1. The van der Waals surface area contributed by atoms with Crippen molar-refractivity contribution in [1.82, 2.24) is 10.3 Å². The lowest BCUT2D eigenvalue weighted by Crippen LogP contribution is -2.40. The van der Waals surface area contributed by atoms with E-state index in [2.05, 4.69) is 29.4 Å². The monoisotopic (exact) mass is 332 g/mol. The lowest BCUT2D eigenvalue weighted by Gasteiger charge is -2.24. The quantitative estimate of drug-likeness (QED) is 0.722. The van der Waals surface area contributed by atoms with Crippen LogP contribution < -0.4 is 5.32 Å². The second kappa shape index (κ2) is 6.46. The zero-order valence-corrected chi connectivity index (χ0v) is 14.4. The minimum Gasteiger partial charge on any atom is -0.383 e. The third-order valence-corrected chi connectivity index (χ3v) is 5.85. The normalized spacial score (nSPS) is 15.8. The molecule has 0 aliphatic heterocycles. The Kier molecular flexibility index (Phi) is 4.59. The van der Waals surface area contributed by atoms with Crippen molar-refractivity contribution >= 4 is 32.9 Å². The molecule has 0 aliphatic rings. The van der Waals surface area contributed by atoms with E-state index in [-0.39, 0.29) is 6.04 Å². The van der Waals surface area contributed by atoms with Crippen molar-refractivity contribution in [3.05, 3.63) is 51.7 Å². The number of para-hydroxylation sites is 1. The van der Waals surface area contributed by atoms with E-state index in [4.69, 9.17) is 0 Å². The van der Waals surface area contributed by atoms with Crippen LogP contribution in [0.15, 0.2) is 41.8 Å². The van der Waals surface area contributed by atoms with Crippen molar-refractivity contribution in [2.75, 3.05) is 6.54 Å². The lowest BCUT2D eigenvalue weighted by atomic mass is 10.0. The second-order valence-electron chi connectivity index (χ2n) is 5.81. The van der Waals surface area contributed by atoms with Gasteiger partial charge in [0.25, 0.3) is 0 Å². The number of aliphatic hydroxyl groups is 1. The van der Waals surface area contributed by atoms with Crippen LogP contribution in [0.3, 0.4) is 0 Å². The Morgan fingerprint density at radius 3 is 2.82 bits per heavy atom. The minimum atomic E-state index is -0.823. The van der Waals surface area contributed by atoms with Crippen molar-refractivity contribution in [3.8, 4) is 0 Å². The Balaban J connectivity index is 1.59. The molecule has 116 valence electrons. The Hall–Kier alpha value is -1.27. The van der Waals surface area contributed by atoms with Gasteiger partial charge in [-0.05, 0) is 37.4 Å². The number of benzene rings is 1. The first-order valence-corrected chi connectivity index (χ1v) is 9.08. The predicted octanol–water partition coefficient (Wildman–Crippen LogP) is 3.79. The van der Waals surface area contributed by atoms with Crippen LogP contribution in [0, 0.1) is 0 Å². The second-order valence-corrected chi connectivity index (χ2v) is 7.88. The molecule has 0 spiro atoms. The molecule has 2 atom stereocenters. The fourth-order valence-corrected chi connectivity index (χ4v) is 4.27. The number of nitrogens with one attached hydrogen (secondary N) is 1. The van der Waals surface area contributed by atoms with Gasteiger partial charge in [-0.1, -0.05) is 18.2 Å². The van der Waals surface area contributed by atoms with Crippen molar-refractivity contribution in [3.63, 3.8) is 0 Å². The maximum atomic E-state index is 10.5. The number of thiazole rings is 1. The number of hydrogen-bond acceptors (Lipinski definition) is 5. The molecular weight excluding hydrogens is 312 g/mol. The fourth-order valence-electron chi connectivity index (χ4n) is 2.39. The van der Waals surface area contributed by atoms with Crippen LogP contribution in [0.25, 0.3) is 10.2 Å². The van der Waals surface area contributed by atoms with Gasteiger partial charge in [-0.15, -0.1) is 22.7 Å². The molecular formula is C17H20N2OS2. The van der Waals surface area contributed by atoms with Crippen LogP contribution in [-0.4, -0.2) is 22.7 Å². The first kappa shape index (κ1) is 15.6. The summed E-state index contributed by atoms with van der Waals surface area (Å²) < 4.78 is 1.23. The molecule has 2 unspecified atom stereocenters. The maximum absolute atomic E-state index is 10.5. The number of hydrogen-bond donors (Lipinski definition) is 2. The van der Waals surface area contributed by atoms with Gasteiger partial charge in [0.05, 0.1) is 15.2 Å². The summed E-state index contributed by atoms with van der Waals surface area (Å²) in [4.78, 5) is 5.66. The van der Waals surface area contributed by atoms with Gasteiger partial charge in [-0.3, -0.25) is 0 Å². The van der Waals surface area contributed by atoms with E-state index in [1.165, 1.54) is 4.70 Å². The molecule has 0 radical (unpaired) electrons. The summed E-state index contributed by atoms with van der Waals surface area (Å²) in [5.41, 5.74) is 0.246. The molecule has 2 N–H and O–H groups in total. The van der Waals surface area contributed by atoms with Gasteiger partial charge in [-0.25, -0.2) is 4.98 Å². The molecule has 0 bridgehead atoms. The highest BCUT2D eigenvalue weighted by Gasteiger charge is 2.24. The molecule has 5 heteroatoms. The van der Waals surface area contributed by atoms with Crippen LogP contribution in [0.2, 0.25) is 0 Å². The van der Waals surface area contributed by atoms with Crippen LogP contribution >= 0.6 is 22.7 Å². The molecule has 2 aromatic heterocycles. The topological polar surface area (TPSA) is 45.2 Å². The first-order chi connectivity index (χ1) is 10.5. The molecule has 0 fully saturated rings. The van der Waals surface area contributed by atoms with Crippen molar-refractivity contribution < 1.29 is 5.11 Å². The number of aromatic nitrogens is 1. The van der Waals surface area contributed by atoms with Gasteiger partial charge in [0.1, 0.15) is 5.60 Å². The van der Waals surface area contributed by atoms with Gasteiger partial charge in [0.2, 0.25) is 0 Å². The summed E-state index contributed by atoms with van der Waals surface area (Å²) in [6.45, 7) is 4.53. The molecule has 0 amide bonds. The minimum absolute atomic E-state index is 0.270. The lowest BCUT2D eigenvalue weighted by molar-refractivity contribution is 0.0581. The Morgan fingerprint density at radius 1 is 1.27 bits per heavy atom. The van der Waals surface area contributed by atoms with E-state index >= 15 is 0 Å². The molecule has 22 heavy (non-hydrogen) atoms. The van der Waals surface area contributed by atoms with E-state index in [0.717, 1.165) is 21.8 Å². The Labute approximate surface area is 138 Å². The number of nitrogens with zero attached hydrogens (tertiary/aromatic N) is 1. The van der Waals surface area contributed by atoms with E-state index in [1.807, 2.05) is 36.6 Å². The standard InChI is InChI=1S/C17H20N2OS2/c1-12(18-11-17(2,20)15-8-5-9-21-15)10-16-19-13-6-3-4-7-14(13)22-16/h3-9,12,18,20H,10-11H2,1-2H3. The average molecular weight is 332 g/mol. The average Bonchev–Trinajstić information content (AvgIpc) is 3.14. The summed E-state index contributed by atoms with van der Waals surface area (Å²) in [6.07, 6.45) is 0.875. The Bertz CT molecular complexity index is 701. The summed E-state index contributed by atoms with van der Waals surface area (Å²) in [6, 6.07) is 12.4. The predicted molar refractivity (Wildman–Crippen MR) is 94.7 cm³/mol. The maximum Gasteiger partial charge on any atom is 0.108 e. The van der Waals surface area contributed by atoms with Crippen LogP contribution in [0.5, 0.6) is 0 Å². The third-order valence-electron chi connectivity index (χ3n) is 3.67. The van der Waals surface area contributed by atoms with E-state index in [9.17, 15) is 5.11 Å². The summed E-state index contributed by atoms with van der Waals surface area (Å²) >= 11 is 3.33. The van der Waals surface area contributed by atoms with Crippen LogP contribution in [0.4, 0.5) is 0 Å². The number of fused-ring (bicyclic) bond motifs is 1. The van der Waals surface area contributed by atoms with Crippen molar-refractivity contribution in [2.45, 2.75) is 31.9 Å². The fraction of sp³-hybridized carbons (Fsp3) is 0.353. The number of rotatable bonds is 6. The zero-order chi connectivity index (χ0) is 15.6. The van der Waals surface area contributed by atoms with E-state index in [0.29, 0.717) is 6.54 Å². The molecule has 2 heterocycles. The highest BCUT2D eigenvalue weighted by atomic mass is 32.1. The van der Waals surface area contributed by atoms with Gasteiger partial charge in [0, 0.05) is 23.9 Å². The van der Waals surface area contributed by atoms with Gasteiger partial charge < -0.3 is 10.4 Å². The van der Waals surface area contributed by atoms with Crippen molar-refractivity contribution in [2.24, 2.45) is 0 Å².